The summed E-state index contributed by atoms with van der Waals surface area (Å²) in [6, 6.07) is 11.6. The molecule has 1 aliphatic rings. The van der Waals surface area contributed by atoms with E-state index in [2.05, 4.69) is 12.1 Å². The van der Waals surface area contributed by atoms with Crippen molar-refractivity contribution in [3.63, 3.8) is 0 Å². The predicted octanol–water partition coefficient (Wildman–Crippen LogP) is 4.11. The lowest BCUT2D eigenvalue weighted by molar-refractivity contribution is 0.282. The number of halogens is 1. The average molecular weight is 275 g/mol. The highest BCUT2D eigenvalue weighted by Gasteiger charge is 2.11. The first-order valence-electron chi connectivity index (χ1n) is 6.45. The zero-order valence-corrected chi connectivity index (χ0v) is 11.3. The smallest absolute Gasteiger partial charge is 0.128 e. The molecule has 0 amide bonds. The number of ether oxygens (including phenoxy) is 1. The van der Waals surface area contributed by atoms with Crippen molar-refractivity contribution in [2.75, 3.05) is 0 Å². The van der Waals surface area contributed by atoms with Gasteiger partial charge in [0.2, 0.25) is 0 Å². The van der Waals surface area contributed by atoms with Crippen LogP contribution in [0.4, 0.5) is 0 Å². The fraction of sp³-hybridized carbons (Fsp3) is 0.250. The second-order valence-corrected chi connectivity index (χ2v) is 5.20. The molecule has 1 aliphatic carbocycles. The van der Waals surface area contributed by atoms with Crippen molar-refractivity contribution in [1.82, 2.24) is 0 Å². The topological polar surface area (TPSA) is 29.5 Å². The Morgan fingerprint density at radius 3 is 2.53 bits per heavy atom. The molecule has 0 saturated carbocycles. The minimum atomic E-state index is -0.0576. The molecule has 19 heavy (non-hydrogen) atoms. The van der Waals surface area contributed by atoms with Crippen LogP contribution in [-0.4, -0.2) is 5.11 Å². The molecule has 1 N–H and O–H groups in total. The fourth-order valence-corrected chi connectivity index (χ4v) is 2.70. The van der Waals surface area contributed by atoms with Gasteiger partial charge in [-0.2, -0.15) is 0 Å². The third kappa shape index (κ3) is 2.60. The maximum atomic E-state index is 9.08. The van der Waals surface area contributed by atoms with Crippen LogP contribution in [0.25, 0.3) is 0 Å². The number of fused-ring (bicyclic) bond motifs is 1. The molecule has 0 fully saturated rings. The summed E-state index contributed by atoms with van der Waals surface area (Å²) in [6.07, 6.45) is 3.54. The van der Waals surface area contributed by atoms with Gasteiger partial charge in [0.15, 0.2) is 0 Å². The molecule has 0 bridgehead atoms. The van der Waals surface area contributed by atoms with Crippen LogP contribution in [-0.2, 0) is 19.4 Å². The summed E-state index contributed by atoms with van der Waals surface area (Å²) >= 11 is 6.05. The Kier molecular flexibility index (Phi) is 3.45. The van der Waals surface area contributed by atoms with Crippen LogP contribution in [0.3, 0.4) is 0 Å². The highest BCUT2D eigenvalue weighted by Crippen LogP contribution is 2.30. The van der Waals surface area contributed by atoms with Crippen LogP contribution in [0, 0.1) is 0 Å². The molecule has 0 aromatic heterocycles. The van der Waals surface area contributed by atoms with Crippen LogP contribution in [0.5, 0.6) is 11.5 Å². The van der Waals surface area contributed by atoms with Gasteiger partial charge in [-0.1, -0.05) is 23.7 Å². The van der Waals surface area contributed by atoms with Crippen molar-refractivity contribution >= 4 is 11.6 Å². The summed E-state index contributed by atoms with van der Waals surface area (Å²) in [7, 11) is 0. The van der Waals surface area contributed by atoms with E-state index in [0.29, 0.717) is 16.3 Å². The molecule has 0 atom stereocenters. The molecule has 98 valence electrons. The van der Waals surface area contributed by atoms with Gasteiger partial charge in [0, 0.05) is 5.02 Å². The Morgan fingerprint density at radius 2 is 1.74 bits per heavy atom. The summed E-state index contributed by atoms with van der Waals surface area (Å²) in [4.78, 5) is 0. The lowest BCUT2D eigenvalue weighted by Crippen LogP contribution is -1.90. The van der Waals surface area contributed by atoms with E-state index in [-0.39, 0.29) is 6.61 Å². The largest absolute Gasteiger partial charge is 0.457 e. The minimum Gasteiger partial charge on any atom is -0.457 e. The standard InChI is InChI=1S/C16H15ClO2/c17-16-9-15(7-5-13(16)10-18)19-14-6-4-11-2-1-3-12(11)8-14/h4-9,18H,1-3,10H2. The molecule has 0 saturated heterocycles. The number of benzene rings is 2. The van der Waals surface area contributed by atoms with Crippen molar-refractivity contribution in [3.8, 4) is 11.5 Å². The van der Waals surface area contributed by atoms with Gasteiger partial charge in [-0.25, -0.2) is 0 Å². The maximum absolute atomic E-state index is 9.08. The quantitative estimate of drug-likeness (QED) is 0.912. The molecule has 2 aromatic rings. The van der Waals surface area contributed by atoms with Gasteiger partial charge in [-0.05, 0) is 60.2 Å². The summed E-state index contributed by atoms with van der Waals surface area (Å²) in [5.74, 6) is 1.54. The Hall–Kier alpha value is -1.51. The normalized spacial score (nSPS) is 13.4. The van der Waals surface area contributed by atoms with Crippen LogP contribution in [0.1, 0.15) is 23.1 Å². The summed E-state index contributed by atoms with van der Waals surface area (Å²) in [5.41, 5.74) is 3.53. The van der Waals surface area contributed by atoms with Crippen molar-refractivity contribution in [3.05, 3.63) is 58.1 Å². The molecule has 0 heterocycles. The number of hydrogen-bond acceptors (Lipinski definition) is 2. The fourth-order valence-electron chi connectivity index (χ4n) is 2.47. The van der Waals surface area contributed by atoms with E-state index in [1.54, 1.807) is 12.1 Å². The summed E-state index contributed by atoms with van der Waals surface area (Å²) in [6.45, 7) is -0.0576. The molecular formula is C16H15ClO2. The first-order valence-corrected chi connectivity index (χ1v) is 6.83. The van der Waals surface area contributed by atoms with Crippen molar-refractivity contribution < 1.29 is 9.84 Å². The third-order valence-corrected chi connectivity index (χ3v) is 3.85. The van der Waals surface area contributed by atoms with E-state index < -0.39 is 0 Å². The second kappa shape index (κ2) is 5.24. The SMILES string of the molecule is OCc1ccc(Oc2ccc3c(c2)CCC3)cc1Cl. The van der Waals surface area contributed by atoms with Crippen LogP contribution < -0.4 is 4.74 Å². The van der Waals surface area contributed by atoms with E-state index >= 15 is 0 Å². The monoisotopic (exact) mass is 274 g/mol. The Balaban J connectivity index is 1.83. The van der Waals surface area contributed by atoms with Gasteiger partial charge in [0.05, 0.1) is 6.61 Å². The van der Waals surface area contributed by atoms with E-state index in [0.717, 1.165) is 12.2 Å². The number of aliphatic hydroxyl groups excluding tert-OH is 1. The second-order valence-electron chi connectivity index (χ2n) is 4.80. The molecule has 2 nitrogen and oxygen atoms in total. The van der Waals surface area contributed by atoms with Crippen LogP contribution in [0.2, 0.25) is 5.02 Å². The molecule has 3 heteroatoms. The predicted molar refractivity (Wildman–Crippen MR) is 75.9 cm³/mol. The average Bonchev–Trinajstić information content (AvgIpc) is 2.86. The molecule has 0 aliphatic heterocycles. The van der Waals surface area contributed by atoms with Gasteiger partial charge >= 0.3 is 0 Å². The lowest BCUT2D eigenvalue weighted by atomic mass is 10.1. The molecular weight excluding hydrogens is 260 g/mol. The van der Waals surface area contributed by atoms with Crippen molar-refractivity contribution in [2.24, 2.45) is 0 Å². The first kappa shape index (κ1) is 12.5. The Labute approximate surface area is 117 Å². The highest BCUT2D eigenvalue weighted by molar-refractivity contribution is 6.31. The van der Waals surface area contributed by atoms with Gasteiger partial charge in [-0.15, -0.1) is 0 Å². The van der Waals surface area contributed by atoms with Gasteiger partial charge in [-0.3, -0.25) is 0 Å². The van der Waals surface area contributed by atoms with E-state index in [1.165, 1.54) is 24.0 Å². The molecule has 3 rings (SSSR count). The zero-order valence-electron chi connectivity index (χ0n) is 10.5. The van der Waals surface area contributed by atoms with E-state index in [9.17, 15) is 0 Å². The first-order chi connectivity index (χ1) is 9.26. The molecule has 0 spiro atoms. The van der Waals surface area contributed by atoms with Crippen molar-refractivity contribution in [1.29, 1.82) is 0 Å². The van der Waals surface area contributed by atoms with E-state index in [1.807, 2.05) is 12.1 Å². The number of aryl methyl sites for hydroxylation is 2. The lowest BCUT2D eigenvalue weighted by Gasteiger charge is -2.09. The summed E-state index contributed by atoms with van der Waals surface area (Å²) < 4.78 is 5.82. The number of rotatable bonds is 3. The Morgan fingerprint density at radius 1 is 1.00 bits per heavy atom. The zero-order chi connectivity index (χ0) is 13.2. The highest BCUT2D eigenvalue weighted by atomic mass is 35.5. The molecule has 0 unspecified atom stereocenters. The van der Waals surface area contributed by atoms with Gasteiger partial charge < -0.3 is 9.84 Å². The van der Waals surface area contributed by atoms with Gasteiger partial charge in [0.1, 0.15) is 11.5 Å². The summed E-state index contributed by atoms with van der Waals surface area (Å²) in [5, 5.41) is 9.61. The van der Waals surface area contributed by atoms with Crippen molar-refractivity contribution in [2.45, 2.75) is 25.9 Å². The van der Waals surface area contributed by atoms with Crippen LogP contribution in [0.15, 0.2) is 36.4 Å². The molecule has 2 aromatic carbocycles. The minimum absolute atomic E-state index is 0.0576. The van der Waals surface area contributed by atoms with Crippen LogP contribution >= 0.6 is 11.6 Å². The molecule has 0 radical (unpaired) electrons. The van der Waals surface area contributed by atoms with Gasteiger partial charge in [0.25, 0.3) is 0 Å². The maximum Gasteiger partial charge on any atom is 0.128 e. The Bertz CT molecular complexity index is 608. The van der Waals surface area contributed by atoms with E-state index in [4.69, 9.17) is 21.4 Å². The third-order valence-electron chi connectivity index (χ3n) is 3.50. The number of hydrogen-bond donors (Lipinski definition) is 1. The number of aliphatic hydroxyl groups is 1.